The highest BCUT2D eigenvalue weighted by Crippen LogP contribution is 2.08. The van der Waals surface area contributed by atoms with Crippen LogP contribution in [0.25, 0.3) is 0 Å². The van der Waals surface area contributed by atoms with Gasteiger partial charge in [-0.3, -0.25) is 4.79 Å². The molecule has 1 N–H and O–H groups in total. The van der Waals surface area contributed by atoms with E-state index in [0.29, 0.717) is 6.42 Å². The van der Waals surface area contributed by atoms with Gasteiger partial charge in [0.1, 0.15) is 0 Å². The summed E-state index contributed by atoms with van der Waals surface area (Å²) < 4.78 is 22.1. The van der Waals surface area contributed by atoms with Crippen molar-refractivity contribution in [2.45, 2.75) is 25.3 Å². The standard InChI is InChI=1S/C9H14BrNO3S/c10-5-2-1-3-9(12)11-8-4-6-15(13,14)7-8/h4,6,8H,1-3,5,7H2,(H,11,12). The van der Waals surface area contributed by atoms with Crippen molar-refractivity contribution in [1.82, 2.24) is 5.32 Å². The number of sulfone groups is 1. The Morgan fingerprint density at radius 3 is 2.73 bits per heavy atom. The average Bonchev–Trinajstić information content (AvgIpc) is 2.46. The lowest BCUT2D eigenvalue weighted by Gasteiger charge is -2.09. The lowest BCUT2D eigenvalue weighted by Crippen LogP contribution is -2.35. The van der Waals surface area contributed by atoms with Crippen LogP contribution in [0.2, 0.25) is 0 Å². The van der Waals surface area contributed by atoms with Gasteiger partial charge in [0.25, 0.3) is 0 Å². The second-order valence-electron chi connectivity index (χ2n) is 3.48. The first-order valence-corrected chi connectivity index (χ1v) is 7.63. The first-order chi connectivity index (χ1) is 7.03. The van der Waals surface area contributed by atoms with Gasteiger partial charge in [0.05, 0.1) is 11.8 Å². The highest BCUT2D eigenvalue weighted by molar-refractivity contribution is 9.09. The number of halogens is 1. The van der Waals surface area contributed by atoms with Gasteiger partial charge in [0.2, 0.25) is 5.91 Å². The molecule has 4 nitrogen and oxygen atoms in total. The van der Waals surface area contributed by atoms with Gasteiger partial charge in [0, 0.05) is 17.2 Å². The zero-order valence-corrected chi connectivity index (χ0v) is 10.7. The first kappa shape index (κ1) is 12.7. The Kier molecular flexibility index (Phi) is 4.79. The average molecular weight is 296 g/mol. The van der Waals surface area contributed by atoms with E-state index >= 15 is 0 Å². The zero-order chi connectivity index (χ0) is 11.3. The number of unbranched alkanes of at least 4 members (excludes halogenated alkanes) is 1. The van der Waals surface area contributed by atoms with Crippen molar-refractivity contribution in [3.05, 3.63) is 11.5 Å². The van der Waals surface area contributed by atoms with Crippen molar-refractivity contribution in [2.75, 3.05) is 11.1 Å². The molecule has 0 aromatic heterocycles. The molecule has 1 rings (SSSR count). The molecule has 1 aliphatic heterocycles. The topological polar surface area (TPSA) is 63.2 Å². The van der Waals surface area contributed by atoms with Crippen LogP contribution in [0.4, 0.5) is 0 Å². The number of hydrogen-bond donors (Lipinski definition) is 1. The number of carbonyl (C=O) groups is 1. The van der Waals surface area contributed by atoms with E-state index in [9.17, 15) is 13.2 Å². The SMILES string of the molecule is O=C(CCCCBr)NC1C=CS(=O)(=O)C1. The Morgan fingerprint density at radius 1 is 1.47 bits per heavy atom. The summed E-state index contributed by atoms with van der Waals surface area (Å²) in [5.74, 6) is -0.0836. The monoisotopic (exact) mass is 295 g/mol. The Balaban J connectivity index is 2.26. The Hall–Kier alpha value is -0.360. The molecule has 0 radical (unpaired) electrons. The number of alkyl halides is 1. The Labute approximate surface area is 98.2 Å². The molecule has 0 aliphatic carbocycles. The maximum absolute atomic E-state index is 11.3. The van der Waals surface area contributed by atoms with Crippen molar-refractivity contribution in [3.63, 3.8) is 0 Å². The minimum Gasteiger partial charge on any atom is -0.349 e. The van der Waals surface area contributed by atoms with Gasteiger partial charge in [-0.25, -0.2) is 8.42 Å². The molecule has 0 bridgehead atoms. The van der Waals surface area contributed by atoms with E-state index < -0.39 is 9.84 Å². The van der Waals surface area contributed by atoms with Gasteiger partial charge in [-0.2, -0.15) is 0 Å². The van der Waals surface area contributed by atoms with Crippen LogP contribution in [-0.2, 0) is 14.6 Å². The van der Waals surface area contributed by atoms with Gasteiger partial charge < -0.3 is 5.32 Å². The third-order valence-electron chi connectivity index (χ3n) is 2.06. The van der Waals surface area contributed by atoms with E-state index in [1.165, 1.54) is 6.08 Å². The summed E-state index contributed by atoms with van der Waals surface area (Å²) in [6, 6.07) is -0.341. The van der Waals surface area contributed by atoms with E-state index in [2.05, 4.69) is 21.2 Å². The zero-order valence-electron chi connectivity index (χ0n) is 8.28. The molecule has 0 aromatic carbocycles. The van der Waals surface area contributed by atoms with Crippen LogP contribution >= 0.6 is 15.9 Å². The molecule has 1 amide bonds. The molecule has 6 heteroatoms. The third kappa shape index (κ3) is 4.79. The van der Waals surface area contributed by atoms with Crippen LogP contribution in [0, 0.1) is 0 Å². The fourth-order valence-electron chi connectivity index (χ4n) is 1.32. The molecule has 86 valence electrons. The normalized spacial score (nSPS) is 22.9. The molecule has 0 fully saturated rings. The van der Waals surface area contributed by atoms with Crippen LogP contribution < -0.4 is 5.32 Å². The highest BCUT2D eigenvalue weighted by Gasteiger charge is 2.22. The Bertz CT molecular complexity index is 350. The van der Waals surface area contributed by atoms with E-state index in [0.717, 1.165) is 23.6 Å². The molecular formula is C9H14BrNO3S. The summed E-state index contributed by atoms with van der Waals surface area (Å²) in [7, 11) is -3.07. The van der Waals surface area contributed by atoms with E-state index in [-0.39, 0.29) is 17.7 Å². The minimum absolute atomic E-state index is 0.00279. The fourth-order valence-corrected chi connectivity index (χ4v) is 2.96. The molecule has 15 heavy (non-hydrogen) atoms. The summed E-state index contributed by atoms with van der Waals surface area (Å²) in [5.41, 5.74) is 0. The van der Waals surface area contributed by atoms with Crippen molar-refractivity contribution in [3.8, 4) is 0 Å². The maximum atomic E-state index is 11.3. The van der Waals surface area contributed by atoms with Crippen molar-refractivity contribution >= 4 is 31.7 Å². The minimum atomic E-state index is -3.07. The fraction of sp³-hybridized carbons (Fsp3) is 0.667. The summed E-state index contributed by atoms with van der Waals surface area (Å²) in [6.07, 6.45) is 3.75. The third-order valence-corrected chi connectivity index (χ3v) is 4.02. The number of carbonyl (C=O) groups excluding carboxylic acids is 1. The molecule has 0 spiro atoms. The van der Waals surface area contributed by atoms with Crippen molar-refractivity contribution in [2.24, 2.45) is 0 Å². The van der Waals surface area contributed by atoms with Gasteiger partial charge in [-0.05, 0) is 18.9 Å². The molecule has 1 heterocycles. The van der Waals surface area contributed by atoms with E-state index in [1.807, 2.05) is 0 Å². The van der Waals surface area contributed by atoms with E-state index in [1.54, 1.807) is 0 Å². The molecule has 0 aromatic rings. The highest BCUT2D eigenvalue weighted by atomic mass is 79.9. The molecule has 1 atom stereocenters. The lowest BCUT2D eigenvalue weighted by molar-refractivity contribution is -0.121. The summed E-state index contributed by atoms with van der Waals surface area (Å²) >= 11 is 3.28. The summed E-state index contributed by atoms with van der Waals surface area (Å²) in [5, 5.41) is 4.72. The second-order valence-corrected chi connectivity index (χ2v) is 6.20. The molecular weight excluding hydrogens is 282 g/mol. The predicted octanol–water partition coefficient (Wildman–Crippen LogP) is 0.978. The van der Waals surface area contributed by atoms with E-state index in [4.69, 9.17) is 0 Å². The van der Waals surface area contributed by atoms with Gasteiger partial charge in [-0.1, -0.05) is 15.9 Å². The van der Waals surface area contributed by atoms with Crippen LogP contribution in [0.15, 0.2) is 11.5 Å². The van der Waals surface area contributed by atoms with Crippen LogP contribution in [0.3, 0.4) is 0 Å². The maximum Gasteiger partial charge on any atom is 0.220 e. The number of nitrogens with one attached hydrogen (secondary N) is 1. The Morgan fingerprint density at radius 2 is 2.20 bits per heavy atom. The van der Waals surface area contributed by atoms with Gasteiger partial charge in [0.15, 0.2) is 9.84 Å². The smallest absolute Gasteiger partial charge is 0.220 e. The first-order valence-electron chi connectivity index (χ1n) is 4.80. The van der Waals surface area contributed by atoms with Crippen LogP contribution in [-0.4, -0.2) is 31.4 Å². The van der Waals surface area contributed by atoms with Gasteiger partial charge >= 0.3 is 0 Å². The molecule has 0 saturated carbocycles. The largest absolute Gasteiger partial charge is 0.349 e. The van der Waals surface area contributed by atoms with Crippen molar-refractivity contribution in [1.29, 1.82) is 0 Å². The number of amides is 1. The van der Waals surface area contributed by atoms with Gasteiger partial charge in [-0.15, -0.1) is 0 Å². The number of hydrogen-bond acceptors (Lipinski definition) is 3. The number of rotatable bonds is 5. The molecule has 1 unspecified atom stereocenters. The summed E-state index contributed by atoms with van der Waals surface area (Å²) in [6.45, 7) is 0. The van der Waals surface area contributed by atoms with Crippen LogP contribution in [0.5, 0.6) is 0 Å². The molecule has 1 aliphatic rings. The predicted molar refractivity (Wildman–Crippen MR) is 62.5 cm³/mol. The van der Waals surface area contributed by atoms with Crippen LogP contribution in [0.1, 0.15) is 19.3 Å². The quantitative estimate of drug-likeness (QED) is 0.607. The van der Waals surface area contributed by atoms with Crippen molar-refractivity contribution < 1.29 is 13.2 Å². The second kappa shape index (κ2) is 5.65. The molecule has 0 saturated heterocycles. The summed E-state index contributed by atoms with van der Waals surface area (Å²) in [4.78, 5) is 11.3. The lowest BCUT2D eigenvalue weighted by atomic mass is 10.2.